The number of nitrogens with one attached hydrogen (secondary N) is 1. The fraction of sp³-hybridized carbons (Fsp3) is 0.333. The smallest absolute Gasteiger partial charge is 0.331 e. The van der Waals surface area contributed by atoms with Gasteiger partial charge in [-0.2, -0.15) is 9.49 Å². The molecule has 0 spiro atoms. The molecule has 4 aromatic rings. The third-order valence-corrected chi connectivity index (χ3v) is 6.47. The third-order valence-electron chi connectivity index (χ3n) is 6.26. The lowest BCUT2D eigenvalue weighted by Crippen LogP contribution is -2.39. The Bertz CT molecular complexity index is 1540. The van der Waals surface area contributed by atoms with E-state index >= 15 is 0 Å². The number of rotatable bonds is 5. The molecule has 0 amide bonds. The molecular weight excluding hydrogens is 510 g/mol. The normalized spacial score (nSPS) is 15.7. The van der Waals surface area contributed by atoms with Gasteiger partial charge in [-0.25, -0.2) is 14.3 Å². The zero-order valence-corrected chi connectivity index (χ0v) is 21.3. The number of halogens is 3. The molecule has 190 valence electrons. The molecule has 0 radical (unpaired) electrons. The van der Waals surface area contributed by atoms with Crippen molar-refractivity contribution in [1.82, 2.24) is 29.0 Å². The van der Waals surface area contributed by atoms with Crippen LogP contribution in [0.15, 0.2) is 46.5 Å². The molecule has 1 aliphatic rings. The first-order valence-electron chi connectivity index (χ1n) is 11.2. The summed E-state index contributed by atoms with van der Waals surface area (Å²) in [6, 6.07) is 5.67. The maximum Gasteiger partial charge on any atom is 0.331 e. The Kier molecular flexibility index (Phi) is 7.60. The molecule has 0 bridgehead atoms. The molecule has 12 heteroatoms. The van der Waals surface area contributed by atoms with Crippen LogP contribution < -0.4 is 16.6 Å². The van der Waals surface area contributed by atoms with Crippen LogP contribution in [-0.2, 0) is 24.8 Å². The first-order valence-corrected chi connectivity index (χ1v) is 11.6. The van der Waals surface area contributed by atoms with Gasteiger partial charge in [-0.15, -0.1) is 12.4 Å². The van der Waals surface area contributed by atoms with E-state index in [0.717, 1.165) is 45.1 Å². The Morgan fingerprint density at radius 3 is 2.81 bits per heavy atom. The maximum absolute atomic E-state index is 14.0. The van der Waals surface area contributed by atoms with Crippen LogP contribution in [0.1, 0.15) is 16.7 Å². The van der Waals surface area contributed by atoms with Gasteiger partial charge < -0.3 is 10.1 Å². The van der Waals surface area contributed by atoms with Crippen molar-refractivity contribution >= 4 is 29.5 Å². The van der Waals surface area contributed by atoms with Gasteiger partial charge in [-0.1, -0.05) is 11.6 Å². The summed E-state index contributed by atoms with van der Waals surface area (Å²) in [5.41, 5.74) is 3.55. The molecule has 0 saturated carbocycles. The fourth-order valence-electron chi connectivity index (χ4n) is 4.51. The highest BCUT2D eigenvalue weighted by atomic mass is 35.5. The summed E-state index contributed by atoms with van der Waals surface area (Å²) in [6.45, 7) is 4.35. The second-order valence-corrected chi connectivity index (χ2v) is 9.12. The Balaban J connectivity index is 0.00000304. The van der Waals surface area contributed by atoms with E-state index in [1.54, 1.807) is 10.7 Å². The summed E-state index contributed by atoms with van der Waals surface area (Å²) >= 11 is 6.44. The molecule has 1 atom stereocenters. The summed E-state index contributed by atoms with van der Waals surface area (Å²) in [6.07, 6.45) is 4.87. The van der Waals surface area contributed by atoms with E-state index in [1.165, 1.54) is 13.4 Å². The average molecular weight is 535 g/mol. The number of hydrogen-bond acceptors (Lipinski definition) is 6. The second-order valence-electron chi connectivity index (χ2n) is 8.69. The van der Waals surface area contributed by atoms with Gasteiger partial charge in [0.1, 0.15) is 6.33 Å². The van der Waals surface area contributed by atoms with Crippen LogP contribution in [0.25, 0.3) is 16.8 Å². The van der Waals surface area contributed by atoms with Crippen molar-refractivity contribution < 1.29 is 9.13 Å². The standard InChI is InChI=1S/C24H24ClFN6O3.ClH/c1-14-5-16(25)7-19(18(14)8-17-9-27-3-4-35-17)22-21-6-15(11-32(21)29-13-28-22)10-31-12-20(26)23(33)30(2)24(31)34;/h5-7,11-13,17,27H,3-4,8-10H2,1-2H3;1H. The van der Waals surface area contributed by atoms with Gasteiger partial charge in [-0.05, 0) is 41.8 Å². The van der Waals surface area contributed by atoms with Crippen molar-refractivity contribution in [1.29, 1.82) is 0 Å². The van der Waals surface area contributed by atoms with Crippen molar-refractivity contribution in [3.05, 3.63) is 85.3 Å². The molecule has 1 aromatic carbocycles. The third kappa shape index (κ3) is 4.94. The van der Waals surface area contributed by atoms with Crippen molar-refractivity contribution in [3.8, 4) is 11.3 Å². The summed E-state index contributed by atoms with van der Waals surface area (Å²) in [7, 11) is 1.25. The number of aromatic nitrogens is 5. The molecule has 1 aliphatic heterocycles. The molecule has 1 fully saturated rings. The molecule has 0 aliphatic carbocycles. The van der Waals surface area contributed by atoms with Crippen molar-refractivity contribution in [2.75, 3.05) is 19.7 Å². The van der Waals surface area contributed by atoms with Gasteiger partial charge in [0.2, 0.25) is 5.82 Å². The van der Waals surface area contributed by atoms with E-state index in [1.807, 2.05) is 25.1 Å². The maximum atomic E-state index is 14.0. The Labute approximate surface area is 216 Å². The number of morpholine rings is 1. The minimum absolute atomic E-state index is 0. The summed E-state index contributed by atoms with van der Waals surface area (Å²) in [5, 5.41) is 8.27. The van der Waals surface area contributed by atoms with Gasteiger partial charge in [-0.3, -0.25) is 13.9 Å². The lowest BCUT2D eigenvalue weighted by molar-refractivity contribution is 0.0292. The van der Waals surface area contributed by atoms with Crippen LogP contribution in [0.3, 0.4) is 0 Å². The average Bonchev–Trinajstić information content (AvgIpc) is 3.26. The van der Waals surface area contributed by atoms with Crippen LogP contribution >= 0.6 is 24.0 Å². The van der Waals surface area contributed by atoms with Crippen LogP contribution in [0.5, 0.6) is 0 Å². The fourth-order valence-corrected chi connectivity index (χ4v) is 4.78. The largest absolute Gasteiger partial charge is 0.375 e. The van der Waals surface area contributed by atoms with Crippen LogP contribution in [-0.4, -0.2) is 49.5 Å². The van der Waals surface area contributed by atoms with E-state index < -0.39 is 17.1 Å². The second kappa shape index (κ2) is 10.5. The van der Waals surface area contributed by atoms with E-state index in [2.05, 4.69) is 15.4 Å². The number of aryl methyl sites for hydroxylation is 1. The topological polar surface area (TPSA) is 95.5 Å². The highest BCUT2D eigenvalue weighted by Crippen LogP contribution is 2.33. The predicted molar refractivity (Wildman–Crippen MR) is 137 cm³/mol. The number of hydrogen-bond donors (Lipinski definition) is 1. The summed E-state index contributed by atoms with van der Waals surface area (Å²) < 4.78 is 23.5. The van der Waals surface area contributed by atoms with Crippen molar-refractivity contribution in [3.63, 3.8) is 0 Å². The molecule has 5 rings (SSSR count). The highest BCUT2D eigenvalue weighted by Gasteiger charge is 2.21. The molecule has 9 nitrogen and oxygen atoms in total. The van der Waals surface area contributed by atoms with E-state index in [0.29, 0.717) is 34.8 Å². The number of benzene rings is 1. The minimum Gasteiger partial charge on any atom is -0.375 e. The van der Waals surface area contributed by atoms with Gasteiger partial charge in [0, 0.05) is 43.3 Å². The number of fused-ring (bicyclic) bond motifs is 1. The summed E-state index contributed by atoms with van der Waals surface area (Å²) in [4.78, 5) is 28.7. The molecule has 36 heavy (non-hydrogen) atoms. The van der Waals surface area contributed by atoms with Gasteiger partial charge in [0.15, 0.2) is 0 Å². The van der Waals surface area contributed by atoms with Crippen LogP contribution in [0.4, 0.5) is 4.39 Å². The van der Waals surface area contributed by atoms with E-state index in [4.69, 9.17) is 16.3 Å². The molecule has 3 aromatic heterocycles. The zero-order valence-electron chi connectivity index (χ0n) is 19.7. The predicted octanol–water partition coefficient (Wildman–Crippen LogP) is 2.36. The van der Waals surface area contributed by atoms with E-state index in [9.17, 15) is 14.0 Å². The molecule has 4 heterocycles. The lowest BCUT2D eigenvalue weighted by Gasteiger charge is -2.25. The zero-order chi connectivity index (χ0) is 24.7. The highest BCUT2D eigenvalue weighted by molar-refractivity contribution is 6.31. The van der Waals surface area contributed by atoms with Crippen molar-refractivity contribution in [2.24, 2.45) is 7.05 Å². The molecule has 1 N–H and O–H groups in total. The summed E-state index contributed by atoms with van der Waals surface area (Å²) in [5.74, 6) is -0.991. The van der Waals surface area contributed by atoms with E-state index in [-0.39, 0.29) is 25.1 Å². The van der Waals surface area contributed by atoms with Crippen molar-refractivity contribution in [2.45, 2.75) is 26.0 Å². The molecule has 1 unspecified atom stereocenters. The number of ether oxygens (including phenoxy) is 1. The SMILES string of the molecule is Cc1cc(Cl)cc(-c2ncnn3cc(Cn4cc(F)c(=O)n(C)c4=O)cc23)c1CC1CNCCO1.Cl. The first-order chi connectivity index (χ1) is 16.8. The molecule has 1 saturated heterocycles. The Morgan fingerprint density at radius 1 is 1.25 bits per heavy atom. The van der Waals surface area contributed by atoms with Crippen LogP contribution in [0.2, 0.25) is 5.02 Å². The number of nitrogens with zero attached hydrogens (tertiary/aromatic N) is 5. The quantitative estimate of drug-likeness (QED) is 0.422. The van der Waals surface area contributed by atoms with Gasteiger partial charge in [0.05, 0.1) is 36.7 Å². The van der Waals surface area contributed by atoms with Crippen LogP contribution in [0, 0.1) is 12.7 Å². The monoisotopic (exact) mass is 534 g/mol. The van der Waals surface area contributed by atoms with Gasteiger partial charge in [0.25, 0.3) is 5.56 Å². The lowest BCUT2D eigenvalue weighted by atomic mass is 9.94. The molecular formula is C24H25Cl2FN6O3. The first kappa shape index (κ1) is 26.0. The minimum atomic E-state index is -0.991. The Hall–Kier alpha value is -3.05. The Morgan fingerprint density at radius 2 is 2.06 bits per heavy atom. The van der Waals surface area contributed by atoms with Gasteiger partial charge >= 0.3 is 5.69 Å².